The number of amides is 2. The van der Waals surface area contributed by atoms with E-state index in [2.05, 4.69) is 21.2 Å². The van der Waals surface area contributed by atoms with Crippen LogP contribution >= 0.6 is 15.9 Å². The lowest BCUT2D eigenvalue weighted by atomic mass is 10.1. The van der Waals surface area contributed by atoms with Crippen molar-refractivity contribution in [3.63, 3.8) is 0 Å². The van der Waals surface area contributed by atoms with Gasteiger partial charge in [-0.25, -0.2) is 4.39 Å². The van der Waals surface area contributed by atoms with Crippen molar-refractivity contribution in [1.82, 2.24) is 10.2 Å². The SMILES string of the molecule is CC(NC(=O)c1cc(Br)ccc1F)C(=O)N1CCOCC1. The van der Waals surface area contributed by atoms with E-state index in [1.54, 1.807) is 11.8 Å². The molecule has 0 aromatic heterocycles. The number of rotatable bonds is 3. The molecule has 114 valence electrons. The highest BCUT2D eigenvalue weighted by atomic mass is 79.9. The van der Waals surface area contributed by atoms with Gasteiger partial charge >= 0.3 is 0 Å². The fourth-order valence-electron chi connectivity index (χ4n) is 2.07. The Balaban J connectivity index is 2.01. The molecule has 0 bridgehead atoms. The monoisotopic (exact) mass is 358 g/mol. The zero-order valence-electron chi connectivity index (χ0n) is 11.6. The second-order valence-corrected chi connectivity index (χ2v) is 5.67. The fourth-order valence-corrected chi connectivity index (χ4v) is 2.43. The lowest BCUT2D eigenvalue weighted by molar-refractivity contribution is -0.136. The average molecular weight is 359 g/mol. The molecule has 1 heterocycles. The van der Waals surface area contributed by atoms with Crippen LogP contribution < -0.4 is 5.32 Å². The Labute approximate surface area is 130 Å². The van der Waals surface area contributed by atoms with Gasteiger partial charge in [0.1, 0.15) is 11.9 Å². The van der Waals surface area contributed by atoms with E-state index in [9.17, 15) is 14.0 Å². The molecular weight excluding hydrogens is 343 g/mol. The van der Waals surface area contributed by atoms with Gasteiger partial charge in [0.2, 0.25) is 5.91 Å². The topological polar surface area (TPSA) is 58.6 Å². The van der Waals surface area contributed by atoms with Gasteiger partial charge in [0.15, 0.2) is 0 Å². The summed E-state index contributed by atoms with van der Waals surface area (Å²) in [6.07, 6.45) is 0. The van der Waals surface area contributed by atoms with Gasteiger partial charge in [-0.1, -0.05) is 15.9 Å². The van der Waals surface area contributed by atoms with Gasteiger partial charge in [-0.15, -0.1) is 0 Å². The van der Waals surface area contributed by atoms with Crippen molar-refractivity contribution < 1.29 is 18.7 Å². The van der Waals surface area contributed by atoms with Crippen molar-refractivity contribution in [3.05, 3.63) is 34.1 Å². The normalized spacial score (nSPS) is 16.4. The lowest BCUT2D eigenvalue weighted by Gasteiger charge is -2.29. The van der Waals surface area contributed by atoms with Gasteiger partial charge < -0.3 is 15.0 Å². The van der Waals surface area contributed by atoms with Crippen LogP contribution in [0.2, 0.25) is 0 Å². The molecule has 1 unspecified atom stereocenters. The van der Waals surface area contributed by atoms with E-state index in [1.165, 1.54) is 18.2 Å². The van der Waals surface area contributed by atoms with Gasteiger partial charge in [0.05, 0.1) is 18.8 Å². The minimum Gasteiger partial charge on any atom is -0.378 e. The first kappa shape index (κ1) is 15.9. The molecule has 2 amide bonds. The highest BCUT2D eigenvalue weighted by Gasteiger charge is 2.24. The summed E-state index contributed by atoms with van der Waals surface area (Å²) in [5.74, 6) is -1.42. The third-order valence-electron chi connectivity index (χ3n) is 3.21. The quantitative estimate of drug-likeness (QED) is 0.891. The molecule has 1 aromatic carbocycles. The highest BCUT2D eigenvalue weighted by molar-refractivity contribution is 9.10. The molecule has 2 rings (SSSR count). The smallest absolute Gasteiger partial charge is 0.254 e. The number of morpholine rings is 1. The molecule has 1 fully saturated rings. The van der Waals surface area contributed by atoms with Crippen molar-refractivity contribution in [2.45, 2.75) is 13.0 Å². The van der Waals surface area contributed by atoms with Gasteiger partial charge in [-0.05, 0) is 25.1 Å². The maximum atomic E-state index is 13.6. The molecule has 0 aliphatic carbocycles. The summed E-state index contributed by atoms with van der Waals surface area (Å²) in [7, 11) is 0. The maximum Gasteiger partial charge on any atom is 0.254 e. The van der Waals surface area contributed by atoms with Gasteiger partial charge in [-0.3, -0.25) is 9.59 Å². The maximum absolute atomic E-state index is 13.6. The Bertz CT molecular complexity index is 547. The zero-order chi connectivity index (χ0) is 15.4. The van der Waals surface area contributed by atoms with Crippen molar-refractivity contribution in [2.24, 2.45) is 0 Å². The Morgan fingerprint density at radius 2 is 2.05 bits per heavy atom. The number of benzene rings is 1. The molecular formula is C14H16BrFN2O3. The highest BCUT2D eigenvalue weighted by Crippen LogP contribution is 2.15. The van der Waals surface area contributed by atoms with Crippen LogP contribution in [0.4, 0.5) is 4.39 Å². The van der Waals surface area contributed by atoms with Crippen molar-refractivity contribution >= 4 is 27.7 Å². The van der Waals surface area contributed by atoms with Gasteiger partial charge in [0.25, 0.3) is 5.91 Å². The number of hydrogen-bond acceptors (Lipinski definition) is 3. The predicted octanol–water partition coefficient (Wildman–Crippen LogP) is 1.57. The molecule has 1 aliphatic rings. The van der Waals surface area contributed by atoms with Gasteiger partial charge in [0, 0.05) is 17.6 Å². The van der Waals surface area contributed by atoms with Crippen LogP contribution in [-0.2, 0) is 9.53 Å². The van der Waals surface area contributed by atoms with Crippen molar-refractivity contribution in [1.29, 1.82) is 0 Å². The zero-order valence-corrected chi connectivity index (χ0v) is 13.2. The van der Waals surface area contributed by atoms with Crippen LogP contribution in [0.25, 0.3) is 0 Å². The van der Waals surface area contributed by atoms with Crippen LogP contribution in [0.1, 0.15) is 17.3 Å². The third-order valence-corrected chi connectivity index (χ3v) is 3.71. The number of halogens is 2. The molecule has 1 N–H and O–H groups in total. The Morgan fingerprint density at radius 3 is 2.71 bits per heavy atom. The van der Waals surface area contributed by atoms with E-state index in [1.807, 2.05) is 0 Å². The summed E-state index contributed by atoms with van der Waals surface area (Å²) in [4.78, 5) is 25.8. The number of carbonyl (C=O) groups is 2. The third kappa shape index (κ3) is 4.01. The molecule has 0 radical (unpaired) electrons. The van der Waals surface area contributed by atoms with E-state index in [0.717, 1.165) is 0 Å². The molecule has 0 saturated carbocycles. The second-order valence-electron chi connectivity index (χ2n) is 4.76. The summed E-state index contributed by atoms with van der Waals surface area (Å²) in [6, 6.07) is 3.38. The number of ether oxygens (including phenoxy) is 1. The second kappa shape index (κ2) is 7.00. The Kier molecular flexibility index (Phi) is 5.30. The first-order chi connectivity index (χ1) is 9.99. The van der Waals surface area contributed by atoms with Crippen molar-refractivity contribution in [3.8, 4) is 0 Å². The van der Waals surface area contributed by atoms with E-state index >= 15 is 0 Å². The molecule has 0 spiro atoms. The molecule has 5 nitrogen and oxygen atoms in total. The molecule has 1 saturated heterocycles. The van der Waals surface area contributed by atoms with Crippen LogP contribution in [0.3, 0.4) is 0 Å². The minimum absolute atomic E-state index is 0.0917. The molecule has 21 heavy (non-hydrogen) atoms. The standard InChI is InChI=1S/C14H16BrFN2O3/c1-9(14(20)18-4-6-21-7-5-18)17-13(19)11-8-10(15)2-3-12(11)16/h2-3,8-9H,4-7H2,1H3,(H,17,19). The number of nitrogens with zero attached hydrogens (tertiary/aromatic N) is 1. The van der Waals surface area contributed by atoms with Crippen LogP contribution in [0, 0.1) is 5.82 Å². The fraction of sp³-hybridized carbons (Fsp3) is 0.429. The molecule has 1 aromatic rings. The first-order valence-electron chi connectivity index (χ1n) is 6.61. The van der Waals surface area contributed by atoms with E-state index in [-0.39, 0.29) is 11.5 Å². The summed E-state index contributed by atoms with van der Waals surface area (Å²) in [5, 5.41) is 2.53. The van der Waals surface area contributed by atoms with Crippen LogP contribution in [0.15, 0.2) is 22.7 Å². The van der Waals surface area contributed by atoms with Gasteiger partial charge in [-0.2, -0.15) is 0 Å². The number of hydrogen-bond donors (Lipinski definition) is 1. The Hall–Kier alpha value is -1.47. The first-order valence-corrected chi connectivity index (χ1v) is 7.41. The van der Waals surface area contributed by atoms with Crippen LogP contribution in [-0.4, -0.2) is 49.1 Å². The average Bonchev–Trinajstić information content (AvgIpc) is 2.49. The summed E-state index contributed by atoms with van der Waals surface area (Å²) in [6.45, 7) is 3.58. The summed E-state index contributed by atoms with van der Waals surface area (Å²) in [5.41, 5.74) is -0.0917. The molecule has 1 aliphatic heterocycles. The molecule has 1 atom stereocenters. The van der Waals surface area contributed by atoms with E-state index < -0.39 is 17.8 Å². The predicted molar refractivity (Wildman–Crippen MR) is 78.4 cm³/mol. The van der Waals surface area contributed by atoms with E-state index in [0.29, 0.717) is 30.8 Å². The van der Waals surface area contributed by atoms with Crippen molar-refractivity contribution in [2.75, 3.05) is 26.3 Å². The van der Waals surface area contributed by atoms with Crippen LogP contribution in [0.5, 0.6) is 0 Å². The van der Waals surface area contributed by atoms with E-state index in [4.69, 9.17) is 4.74 Å². The lowest BCUT2D eigenvalue weighted by Crippen LogP contribution is -2.50. The Morgan fingerprint density at radius 1 is 1.38 bits per heavy atom. The number of carbonyl (C=O) groups excluding carboxylic acids is 2. The summed E-state index contributed by atoms with van der Waals surface area (Å²) >= 11 is 3.19. The minimum atomic E-state index is -0.714. The number of nitrogens with one attached hydrogen (secondary N) is 1. The summed E-state index contributed by atoms with van der Waals surface area (Å²) < 4.78 is 19.4. The molecule has 7 heteroatoms. The largest absolute Gasteiger partial charge is 0.378 e.